The molecule has 5 heteroatoms. The summed E-state index contributed by atoms with van der Waals surface area (Å²) in [5.41, 5.74) is 2.28. The van der Waals surface area contributed by atoms with E-state index < -0.39 is 0 Å². The molecule has 0 bridgehead atoms. The molecule has 2 aliphatic rings. The molecule has 3 rings (SSSR count). The topological polar surface area (TPSA) is 28.1 Å². The predicted molar refractivity (Wildman–Crippen MR) is 85.8 cm³/mol. The lowest BCUT2D eigenvalue weighted by molar-refractivity contribution is 0.185. The highest BCUT2D eigenvalue weighted by Crippen LogP contribution is 2.34. The number of para-hydroxylation sites is 2. The van der Waals surface area contributed by atoms with Gasteiger partial charge in [0.1, 0.15) is 11.8 Å². The van der Waals surface area contributed by atoms with Gasteiger partial charge in [-0.15, -0.1) is 0 Å². The van der Waals surface area contributed by atoms with E-state index >= 15 is 0 Å². The van der Waals surface area contributed by atoms with E-state index in [1.54, 1.807) is 11.9 Å². The van der Waals surface area contributed by atoms with Crippen LogP contribution in [0.3, 0.4) is 0 Å². The average molecular weight is 291 g/mol. The molecule has 0 aromatic heterocycles. The summed E-state index contributed by atoms with van der Waals surface area (Å²) in [6.07, 6.45) is 3.61. The van der Waals surface area contributed by atoms with Gasteiger partial charge in [-0.3, -0.25) is 0 Å². The highest BCUT2D eigenvalue weighted by molar-refractivity contribution is 8.00. The first-order valence-corrected chi connectivity index (χ1v) is 8.15. The van der Waals surface area contributed by atoms with Crippen LogP contribution in [0, 0.1) is 0 Å². The van der Waals surface area contributed by atoms with Crippen molar-refractivity contribution in [3.8, 4) is 0 Å². The molecule has 2 heterocycles. The van der Waals surface area contributed by atoms with Crippen molar-refractivity contribution in [2.45, 2.75) is 19.3 Å². The summed E-state index contributed by atoms with van der Waals surface area (Å²) >= 11 is 1.72. The molecule has 4 nitrogen and oxygen atoms in total. The molecule has 0 saturated carbocycles. The first-order valence-electron chi connectivity index (χ1n) is 7.20. The van der Waals surface area contributed by atoms with Crippen LogP contribution in [0.4, 0.5) is 11.4 Å². The van der Waals surface area contributed by atoms with Gasteiger partial charge in [0.05, 0.1) is 24.5 Å². The van der Waals surface area contributed by atoms with E-state index in [0.717, 1.165) is 37.7 Å². The molecule has 0 unspecified atom stereocenters. The van der Waals surface area contributed by atoms with Crippen LogP contribution < -0.4 is 4.31 Å². The lowest BCUT2D eigenvalue weighted by atomic mass is 10.1. The minimum Gasteiger partial charge on any atom is -0.367 e. The van der Waals surface area contributed by atoms with Gasteiger partial charge in [0.25, 0.3) is 0 Å². The minimum absolute atomic E-state index is 0.727. The van der Waals surface area contributed by atoms with Crippen molar-refractivity contribution in [2.75, 3.05) is 37.0 Å². The number of ether oxygens (including phenoxy) is 1. The van der Waals surface area contributed by atoms with Gasteiger partial charge in [0, 0.05) is 20.0 Å². The Labute approximate surface area is 124 Å². The Balaban J connectivity index is 1.87. The Bertz CT molecular complexity index is 486. The number of aliphatic imine (C=N–C) groups is 1. The molecule has 0 radical (unpaired) electrons. The predicted octanol–water partition coefficient (Wildman–Crippen LogP) is 3.27. The summed E-state index contributed by atoms with van der Waals surface area (Å²) in [5.74, 6) is 1.94. The molecular formula is C15H21N3OS. The van der Waals surface area contributed by atoms with Crippen LogP contribution >= 0.6 is 11.9 Å². The molecule has 0 spiro atoms. The van der Waals surface area contributed by atoms with Crippen LogP contribution in [0.15, 0.2) is 29.3 Å². The number of benzene rings is 1. The van der Waals surface area contributed by atoms with Gasteiger partial charge in [-0.25, -0.2) is 4.99 Å². The van der Waals surface area contributed by atoms with Crippen molar-refractivity contribution in [1.82, 2.24) is 4.90 Å². The second-order valence-corrected chi connectivity index (χ2v) is 6.09. The molecule has 1 aromatic rings. The van der Waals surface area contributed by atoms with Gasteiger partial charge in [-0.2, -0.15) is 0 Å². The maximum atomic E-state index is 5.41. The number of rotatable bonds is 2. The zero-order chi connectivity index (χ0) is 13.8. The summed E-state index contributed by atoms with van der Waals surface area (Å²) in [6.45, 7) is 2.83. The number of piperidine rings is 1. The fourth-order valence-electron chi connectivity index (χ4n) is 2.56. The first-order chi connectivity index (χ1) is 9.84. The van der Waals surface area contributed by atoms with Crippen LogP contribution in [-0.4, -0.2) is 43.4 Å². The van der Waals surface area contributed by atoms with Gasteiger partial charge < -0.3 is 13.9 Å². The van der Waals surface area contributed by atoms with Gasteiger partial charge in [0.2, 0.25) is 0 Å². The summed E-state index contributed by atoms with van der Waals surface area (Å²) in [4.78, 5) is 7.21. The lowest BCUT2D eigenvalue weighted by Gasteiger charge is -2.29. The molecule has 2 aliphatic heterocycles. The molecule has 1 aromatic carbocycles. The Morgan fingerprint density at radius 3 is 2.90 bits per heavy atom. The van der Waals surface area contributed by atoms with E-state index in [-0.39, 0.29) is 0 Å². The van der Waals surface area contributed by atoms with Gasteiger partial charge in [-0.1, -0.05) is 12.1 Å². The van der Waals surface area contributed by atoms with E-state index in [2.05, 4.69) is 40.5 Å². The SMILES string of the molecule is CN1CCCCC1=Nc1ccccc1N1CCOCS1. The van der Waals surface area contributed by atoms with E-state index in [1.807, 2.05) is 0 Å². The molecular weight excluding hydrogens is 270 g/mol. The standard InChI is InChI=1S/C15H21N3OS/c1-17-9-5-4-8-15(17)16-13-6-2-3-7-14(13)18-10-11-19-12-20-18/h2-3,6-7H,4-5,8-12H2,1H3. The third kappa shape index (κ3) is 3.10. The van der Waals surface area contributed by atoms with Crippen molar-refractivity contribution in [3.63, 3.8) is 0 Å². The van der Waals surface area contributed by atoms with Crippen LogP contribution in [0.5, 0.6) is 0 Å². The maximum absolute atomic E-state index is 5.41. The molecule has 0 amide bonds. The summed E-state index contributed by atoms with van der Waals surface area (Å²) in [7, 11) is 2.14. The second kappa shape index (κ2) is 6.50. The van der Waals surface area contributed by atoms with Crippen LogP contribution in [0.2, 0.25) is 0 Å². The largest absolute Gasteiger partial charge is 0.367 e. The molecule has 2 saturated heterocycles. The quantitative estimate of drug-likeness (QED) is 0.782. The fraction of sp³-hybridized carbons (Fsp3) is 0.533. The van der Waals surface area contributed by atoms with Crippen molar-refractivity contribution >= 4 is 29.2 Å². The smallest absolute Gasteiger partial charge is 0.112 e. The van der Waals surface area contributed by atoms with Crippen molar-refractivity contribution in [1.29, 1.82) is 0 Å². The molecule has 0 N–H and O–H groups in total. The zero-order valence-corrected chi connectivity index (χ0v) is 12.7. The summed E-state index contributed by atoms with van der Waals surface area (Å²) < 4.78 is 7.70. The van der Waals surface area contributed by atoms with Crippen molar-refractivity contribution < 1.29 is 4.74 Å². The van der Waals surface area contributed by atoms with Crippen molar-refractivity contribution in [3.05, 3.63) is 24.3 Å². The number of nitrogens with zero attached hydrogens (tertiary/aromatic N) is 3. The van der Waals surface area contributed by atoms with E-state index in [0.29, 0.717) is 0 Å². The normalized spacial score (nSPS) is 22.4. The Kier molecular flexibility index (Phi) is 4.47. The number of amidine groups is 1. The van der Waals surface area contributed by atoms with E-state index in [4.69, 9.17) is 9.73 Å². The molecule has 20 heavy (non-hydrogen) atoms. The average Bonchev–Trinajstić information content (AvgIpc) is 2.51. The van der Waals surface area contributed by atoms with Crippen molar-refractivity contribution in [2.24, 2.45) is 4.99 Å². The second-order valence-electron chi connectivity index (χ2n) is 5.15. The molecule has 108 valence electrons. The molecule has 0 atom stereocenters. The van der Waals surface area contributed by atoms with Gasteiger partial charge in [0.15, 0.2) is 0 Å². The highest BCUT2D eigenvalue weighted by Gasteiger charge is 2.17. The van der Waals surface area contributed by atoms with Gasteiger partial charge >= 0.3 is 0 Å². The Morgan fingerprint density at radius 1 is 1.20 bits per heavy atom. The van der Waals surface area contributed by atoms with E-state index in [1.165, 1.54) is 24.4 Å². The minimum atomic E-state index is 0.727. The van der Waals surface area contributed by atoms with E-state index in [9.17, 15) is 0 Å². The summed E-state index contributed by atoms with van der Waals surface area (Å²) in [5, 5.41) is 0. The zero-order valence-electron chi connectivity index (χ0n) is 11.9. The Morgan fingerprint density at radius 2 is 2.10 bits per heavy atom. The highest BCUT2D eigenvalue weighted by atomic mass is 32.2. The number of hydrogen-bond donors (Lipinski definition) is 0. The lowest BCUT2D eigenvalue weighted by Crippen LogP contribution is -2.31. The third-order valence-electron chi connectivity index (χ3n) is 3.72. The molecule has 2 fully saturated rings. The Hall–Kier alpha value is -1.20. The number of hydrogen-bond acceptors (Lipinski definition) is 4. The van der Waals surface area contributed by atoms with Crippen LogP contribution in [0.1, 0.15) is 19.3 Å². The number of likely N-dealkylation sites (tertiary alicyclic amines) is 1. The van der Waals surface area contributed by atoms with Crippen LogP contribution in [-0.2, 0) is 4.74 Å². The molecule has 0 aliphatic carbocycles. The maximum Gasteiger partial charge on any atom is 0.112 e. The number of anilines is 1. The first kappa shape index (κ1) is 13.8. The van der Waals surface area contributed by atoms with Gasteiger partial charge in [-0.05, 0) is 36.9 Å². The summed E-state index contributed by atoms with van der Waals surface area (Å²) in [6, 6.07) is 8.41. The van der Waals surface area contributed by atoms with Crippen LogP contribution in [0.25, 0.3) is 0 Å². The fourth-order valence-corrected chi connectivity index (χ4v) is 3.38. The monoisotopic (exact) mass is 291 g/mol. The third-order valence-corrected chi connectivity index (χ3v) is 4.68.